The Morgan fingerprint density at radius 2 is 1.59 bits per heavy atom. The van der Waals surface area contributed by atoms with Gasteiger partial charge < -0.3 is 24.6 Å². The van der Waals surface area contributed by atoms with Crippen LogP contribution >= 0.6 is 12.2 Å². The molecule has 0 bridgehead atoms. The molecule has 0 spiro atoms. The minimum atomic E-state index is -0.112. The van der Waals surface area contributed by atoms with Crippen molar-refractivity contribution in [2.75, 3.05) is 24.0 Å². The van der Waals surface area contributed by atoms with E-state index in [-0.39, 0.29) is 17.6 Å². The van der Waals surface area contributed by atoms with Crippen LogP contribution in [-0.4, -0.2) is 29.8 Å². The van der Waals surface area contributed by atoms with Crippen molar-refractivity contribution in [2.45, 2.75) is 38.4 Å². The van der Waals surface area contributed by atoms with E-state index < -0.39 is 0 Å². The molecule has 6 nitrogen and oxygen atoms in total. The average Bonchev–Trinajstić information content (AvgIpc) is 3.33. The number of fused-ring (bicyclic) bond motifs is 1. The third-order valence-corrected chi connectivity index (χ3v) is 8.41. The molecule has 6 rings (SSSR count). The molecule has 0 aliphatic carbocycles. The Hall–Kier alpha value is -4.36. The molecule has 4 aromatic rings. The summed E-state index contributed by atoms with van der Waals surface area (Å²) >= 11 is 5.96. The molecule has 0 unspecified atom stereocenters. The summed E-state index contributed by atoms with van der Waals surface area (Å²) in [6.07, 6.45) is 4.17. The summed E-state index contributed by atoms with van der Waals surface area (Å²) in [6.45, 7) is 6.69. The number of hydrogen-bond acceptors (Lipinski definition) is 5. The molecular formula is C34H34N4O2S. The summed E-state index contributed by atoms with van der Waals surface area (Å²) in [6, 6.07) is 28.2. The number of hydrogen-bond donors (Lipinski definition) is 1. The van der Waals surface area contributed by atoms with Crippen molar-refractivity contribution in [3.63, 3.8) is 0 Å². The lowest BCUT2D eigenvalue weighted by molar-refractivity contribution is 0.413. The number of aromatic nitrogens is 1. The molecule has 2 aliphatic heterocycles. The second kappa shape index (κ2) is 10.6. The molecule has 1 saturated heterocycles. The van der Waals surface area contributed by atoms with Crippen molar-refractivity contribution in [1.29, 1.82) is 0 Å². The maximum Gasteiger partial charge on any atom is 0.174 e. The van der Waals surface area contributed by atoms with Gasteiger partial charge in [-0.25, -0.2) is 0 Å². The Kier molecular flexibility index (Phi) is 6.91. The van der Waals surface area contributed by atoms with Crippen LogP contribution in [0.25, 0.3) is 5.57 Å². The Morgan fingerprint density at radius 3 is 2.24 bits per heavy atom. The molecule has 1 N–H and O–H groups in total. The lowest BCUT2D eigenvalue weighted by atomic mass is 9.86. The Labute approximate surface area is 247 Å². The van der Waals surface area contributed by atoms with Crippen LogP contribution in [0, 0.1) is 0 Å². The molecule has 0 saturated carbocycles. The molecule has 3 heterocycles. The van der Waals surface area contributed by atoms with Crippen LogP contribution in [0.15, 0.2) is 97.2 Å². The first kappa shape index (κ1) is 26.8. The molecule has 41 heavy (non-hydrogen) atoms. The van der Waals surface area contributed by atoms with E-state index in [1.54, 1.807) is 7.11 Å². The summed E-state index contributed by atoms with van der Waals surface area (Å²) < 4.78 is 11.3. The molecule has 7 heteroatoms. The van der Waals surface area contributed by atoms with Crippen LogP contribution in [0.3, 0.4) is 0 Å². The first-order chi connectivity index (χ1) is 19.7. The number of likely N-dealkylation sites (N-methyl/N-ethyl adjacent to an activating group) is 1. The average molecular weight is 563 g/mol. The quantitative estimate of drug-likeness (QED) is 0.242. The third kappa shape index (κ3) is 5.02. The Balaban J connectivity index is 1.37. The highest BCUT2D eigenvalue weighted by Gasteiger charge is 2.41. The van der Waals surface area contributed by atoms with Gasteiger partial charge in [-0.2, -0.15) is 0 Å². The van der Waals surface area contributed by atoms with Crippen molar-refractivity contribution >= 4 is 34.3 Å². The van der Waals surface area contributed by atoms with E-state index in [1.165, 1.54) is 22.4 Å². The molecule has 0 amide bonds. The van der Waals surface area contributed by atoms with E-state index in [1.807, 2.05) is 54.7 Å². The van der Waals surface area contributed by atoms with Gasteiger partial charge in [0.15, 0.2) is 5.11 Å². The minimum Gasteiger partial charge on any atom is -0.497 e. The summed E-state index contributed by atoms with van der Waals surface area (Å²) in [4.78, 5) is 9.25. The first-order valence-corrected chi connectivity index (χ1v) is 14.2. The van der Waals surface area contributed by atoms with Gasteiger partial charge in [0, 0.05) is 30.2 Å². The summed E-state index contributed by atoms with van der Waals surface area (Å²) in [5, 5.41) is 4.24. The topological polar surface area (TPSA) is 49.9 Å². The molecule has 1 aromatic heterocycles. The van der Waals surface area contributed by atoms with Crippen LogP contribution in [0.2, 0.25) is 0 Å². The zero-order valence-electron chi connectivity index (χ0n) is 24.0. The second-order valence-corrected chi connectivity index (χ2v) is 11.5. The van der Waals surface area contributed by atoms with Gasteiger partial charge in [-0.15, -0.1) is 0 Å². The number of ether oxygens (including phenoxy) is 2. The van der Waals surface area contributed by atoms with E-state index >= 15 is 0 Å². The van der Waals surface area contributed by atoms with Crippen LogP contribution in [0.1, 0.15) is 49.7 Å². The monoisotopic (exact) mass is 562 g/mol. The molecule has 0 radical (unpaired) electrons. The van der Waals surface area contributed by atoms with Crippen LogP contribution in [0.5, 0.6) is 17.2 Å². The summed E-state index contributed by atoms with van der Waals surface area (Å²) in [5.74, 6) is 2.28. The molecule has 1 fully saturated rings. The third-order valence-electron chi connectivity index (χ3n) is 8.09. The zero-order valence-corrected chi connectivity index (χ0v) is 24.8. The molecule has 208 valence electrons. The predicted octanol–water partition coefficient (Wildman–Crippen LogP) is 7.69. The number of allylic oxidation sites excluding steroid dienone is 1. The van der Waals surface area contributed by atoms with Crippen molar-refractivity contribution in [3.05, 3.63) is 114 Å². The van der Waals surface area contributed by atoms with E-state index in [0.717, 1.165) is 28.6 Å². The fourth-order valence-corrected chi connectivity index (χ4v) is 6.13. The van der Waals surface area contributed by atoms with Crippen LogP contribution in [0.4, 0.5) is 11.4 Å². The van der Waals surface area contributed by atoms with Gasteiger partial charge in [0.2, 0.25) is 0 Å². The SMILES string of the molecule is COc1ccc(Oc2ccc(N3C(=S)N[C@H](c4ccccn4)[C@H]3c3ccc4c(c3)C(C)=CC(C)(C)N4C)cc2)cc1. The van der Waals surface area contributed by atoms with Gasteiger partial charge >= 0.3 is 0 Å². The maximum absolute atomic E-state index is 6.08. The largest absolute Gasteiger partial charge is 0.497 e. The van der Waals surface area contributed by atoms with E-state index in [9.17, 15) is 0 Å². The molecule has 2 atom stereocenters. The summed E-state index contributed by atoms with van der Waals surface area (Å²) in [5.41, 5.74) is 6.80. The van der Waals surface area contributed by atoms with Crippen LogP contribution < -0.4 is 24.6 Å². The smallest absolute Gasteiger partial charge is 0.174 e. The first-order valence-electron chi connectivity index (χ1n) is 13.8. The Morgan fingerprint density at radius 1 is 0.902 bits per heavy atom. The highest BCUT2D eigenvalue weighted by atomic mass is 32.1. The molecule has 2 aliphatic rings. The van der Waals surface area contributed by atoms with Crippen molar-refractivity contribution in [2.24, 2.45) is 0 Å². The van der Waals surface area contributed by atoms with Gasteiger partial charge in [0.25, 0.3) is 0 Å². The van der Waals surface area contributed by atoms with E-state index in [0.29, 0.717) is 5.11 Å². The number of pyridine rings is 1. The number of nitrogens with zero attached hydrogens (tertiary/aromatic N) is 3. The Bertz CT molecular complexity index is 1600. The van der Waals surface area contributed by atoms with E-state index in [2.05, 4.69) is 85.4 Å². The number of rotatable bonds is 6. The van der Waals surface area contributed by atoms with E-state index in [4.69, 9.17) is 26.7 Å². The maximum atomic E-state index is 6.08. The number of anilines is 2. The normalized spacial score (nSPS) is 19.3. The number of thiocarbonyl (C=S) groups is 1. The fraction of sp³-hybridized carbons (Fsp3) is 0.235. The lowest BCUT2D eigenvalue weighted by Crippen LogP contribution is -2.42. The lowest BCUT2D eigenvalue weighted by Gasteiger charge is -2.41. The van der Waals surface area contributed by atoms with Gasteiger partial charge in [-0.1, -0.05) is 18.2 Å². The predicted molar refractivity (Wildman–Crippen MR) is 170 cm³/mol. The van der Waals surface area contributed by atoms with Gasteiger partial charge in [0.1, 0.15) is 17.2 Å². The number of nitrogens with one attached hydrogen (secondary N) is 1. The fourth-order valence-electron chi connectivity index (χ4n) is 5.79. The number of benzene rings is 3. The second-order valence-electron chi connectivity index (χ2n) is 11.1. The van der Waals surface area contributed by atoms with Crippen molar-refractivity contribution < 1.29 is 9.47 Å². The van der Waals surface area contributed by atoms with Gasteiger partial charge in [-0.05, 0) is 117 Å². The summed E-state index contributed by atoms with van der Waals surface area (Å²) in [7, 11) is 3.81. The van der Waals surface area contributed by atoms with Gasteiger partial charge in [0.05, 0.1) is 30.4 Å². The van der Waals surface area contributed by atoms with Crippen LogP contribution in [-0.2, 0) is 0 Å². The number of methoxy groups -OCH3 is 1. The molecular weight excluding hydrogens is 528 g/mol. The highest BCUT2D eigenvalue weighted by Crippen LogP contribution is 2.45. The van der Waals surface area contributed by atoms with Gasteiger partial charge in [-0.3, -0.25) is 4.98 Å². The highest BCUT2D eigenvalue weighted by molar-refractivity contribution is 7.80. The minimum absolute atomic E-state index is 0.0484. The standard InChI is InChI=1S/C34H34N4O2S/c1-22-21-34(2,3)37(4)30-18-9-23(20-28(22)30)32-31(29-8-6-7-19-35-29)36-33(41)38(32)24-10-12-26(13-11-24)40-27-16-14-25(39-5)15-17-27/h6-21,31-32H,1-5H3,(H,36,41)/t31-,32-/m1/s1. The van der Waals surface area contributed by atoms with Crippen molar-refractivity contribution in [1.82, 2.24) is 10.3 Å². The zero-order chi connectivity index (χ0) is 28.7. The molecule has 3 aromatic carbocycles. The van der Waals surface area contributed by atoms with Crippen molar-refractivity contribution in [3.8, 4) is 17.2 Å².